The average molecular weight is 391 g/mol. The molecule has 0 radical (unpaired) electrons. The highest BCUT2D eigenvalue weighted by Gasteiger charge is 2.30. The minimum Gasteiger partial charge on any atom is -0.282 e. The SMILES string of the molecule is C=C(C)C(C)(C)c1cc(S(=O)(=O)O)c2sc(S(=O)(=O)O)cc2c1C. The first-order valence-corrected chi connectivity index (χ1v) is 10.6. The van der Waals surface area contributed by atoms with Crippen LogP contribution in [0.25, 0.3) is 10.1 Å². The van der Waals surface area contributed by atoms with Crippen molar-refractivity contribution in [2.75, 3.05) is 0 Å². The van der Waals surface area contributed by atoms with Gasteiger partial charge in [0.05, 0.1) is 4.70 Å². The van der Waals surface area contributed by atoms with Crippen LogP contribution < -0.4 is 0 Å². The van der Waals surface area contributed by atoms with Crippen molar-refractivity contribution in [3.05, 3.63) is 35.4 Å². The molecule has 2 N–H and O–H groups in total. The van der Waals surface area contributed by atoms with Crippen molar-refractivity contribution in [3.63, 3.8) is 0 Å². The van der Waals surface area contributed by atoms with E-state index < -0.39 is 25.7 Å². The van der Waals surface area contributed by atoms with Crippen molar-refractivity contribution < 1.29 is 25.9 Å². The summed E-state index contributed by atoms with van der Waals surface area (Å²) in [7, 11) is -9.07. The van der Waals surface area contributed by atoms with Gasteiger partial charge in [-0.3, -0.25) is 9.11 Å². The molecular weight excluding hydrogens is 372 g/mol. The number of benzene rings is 1. The lowest BCUT2D eigenvalue weighted by atomic mass is 9.76. The fourth-order valence-corrected chi connectivity index (χ4v) is 5.33. The van der Waals surface area contributed by atoms with E-state index in [9.17, 15) is 25.9 Å². The van der Waals surface area contributed by atoms with Gasteiger partial charge < -0.3 is 0 Å². The minimum atomic E-state index is -4.58. The maximum Gasteiger partial charge on any atom is 0.304 e. The highest BCUT2D eigenvalue weighted by atomic mass is 32.3. The summed E-state index contributed by atoms with van der Waals surface area (Å²) in [4.78, 5) is -0.382. The Morgan fingerprint density at radius 2 is 1.67 bits per heavy atom. The van der Waals surface area contributed by atoms with Crippen molar-refractivity contribution >= 4 is 41.7 Å². The molecule has 1 aromatic heterocycles. The molecule has 0 aliphatic carbocycles. The van der Waals surface area contributed by atoms with Gasteiger partial charge in [-0.05, 0) is 42.5 Å². The van der Waals surface area contributed by atoms with Crippen LogP contribution >= 0.6 is 11.3 Å². The van der Waals surface area contributed by atoms with Crippen LogP contribution in [0.2, 0.25) is 0 Å². The molecule has 0 saturated heterocycles. The van der Waals surface area contributed by atoms with Gasteiger partial charge in [-0.15, -0.1) is 11.3 Å². The fourth-order valence-electron chi connectivity index (χ4n) is 2.48. The molecule has 1 aromatic carbocycles. The van der Waals surface area contributed by atoms with Crippen LogP contribution in [0.4, 0.5) is 0 Å². The van der Waals surface area contributed by atoms with E-state index in [1.807, 2.05) is 13.8 Å². The second-order valence-corrected chi connectivity index (χ2v) is 10.3. The Bertz CT molecular complexity index is 1060. The molecule has 0 spiro atoms. The molecule has 0 aliphatic heterocycles. The molecule has 2 aromatic rings. The quantitative estimate of drug-likeness (QED) is 0.610. The zero-order chi connectivity index (χ0) is 18.7. The van der Waals surface area contributed by atoms with Crippen molar-refractivity contribution in [2.45, 2.75) is 42.2 Å². The summed E-state index contributed by atoms with van der Waals surface area (Å²) >= 11 is 0.600. The van der Waals surface area contributed by atoms with E-state index in [-0.39, 0.29) is 13.8 Å². The van der Waals surface area contributed by atoms with E-state index in [2.05, 4.69) is 6.58 Å². The molecule has 0 saturated carbocycles. The number of fused-ring (bicyclic) bond motifs is 1. The predicted octanol–water partition coefficient (Wildman–Crippen LogP) is 3.56. The number of rotatable bonds is 4. The summed E-state index contributed by atoms with van der Waals surface area (Å²) in [5.41, 5.74) is 1.44. The molecule has 0 aliphatic rings. The lowest BCUT2D eigenvalue weighted by Crippen LogP contribution is -2.20. The smallest absolute Gasteiger partial charge is 0.282 e. The standard InChI is InChI=1S/C15H18O6S3/c1-8(2)15(4,5)11-7-12(23(16,17)18)14-10(9(11)3)6-13(22-14)24(19,20)21/h6-7H,1H2,2-5H3,(H,16,17,18)(H,19,20,21). The Morgan fingerprint density at radius 1 is 1.12 bits per heavy atom. The molecule has 0 fully saturated rings. The van der Waals surface area contributed by atoms with Gasteiger partial charge in [0.1, 0.15) is 9.10 Å². The van der Waals surface area contributed by atoms with E-state index in [0.29, 0.717) is 27.8 Å². The van der Waals surface area contributed by atoms with Crippen LogP contribution in [0, 0.1) is 6.92 Å². The first kappa shape index (κ1) is 19.1. The highest BCUT2D eigenvalue weighted by molar-refractivity contribution is 7.88. The number of thiophene rings is 1. The summed E-state index contributed by atoms with van der Waals surface area (Å²) in [6, 6.07) is 2.56. The van der Waals surface area contributed by atoms with Crippen molar-refractivity contribution in [3.8, 4) is 0 Å². The number of aryl methyl sites for hydroxylation is 1. The molecule has 6 nitrogen and oxygen atoms in total. The first-order chi connectivity index (χ1) is 10.7. The van der Waals surface area contributed by atoms with Crippen LogP contribution in [0.1, 0.15) is 31.9 Å². The van der Waals surface area contributed by atoms with Gasteiger partial charge >= 0.3 is 10.1 Å². The van der Waals surface area contributed by atoms with Gasteiger partial charge in [-0.25, -0.2) is 0 Å². The molecule has 9 heteroatoms. The maximum absolute atomic E-state index is 11.8. The van der Waals surface area contributed by atoms with E-state index in [1.54, 1.807) is 13.8 Å². The maximum atomic E-state index is 11.8. The third kappa shape index (κ3) is 3.14. The molecule has 0 atom stereocenters. The summed E-state index contributed by atoms with van der Waals surface area (Å²) < 4.78 is 64.9. The molecule has 2 rings (SSSR count). The molecule has 1 heterocycles. The fraction of sp³-hybridized carbons (Fsp3) is 0.333. The largest absolute Gasteiger partial charge is 0.304 e. The Morgan fingerprint density at radius 3 is 2.08 bits per heavy atom. The van der Waals surface area contributed by atoms with Crippen molar-refractivity contribution in [1.82, 2.24) is 0 Å². The Hall–Kier alpha value is -1.26. The number of hydrogen-bond donors (Lipinski definition) is 2. The summed E-state index contributed by atoms with van der Waals surface area (Å²) in [5.74, 6) is 0. The summed E-state index contributed by atoms with van der Waals surface area (Å²) in [6.07, 6.45) is 0. The minimum absolute atomic E-state index is 0.0869. The molecule has 0 bridgehead atoms. The molecule has 24 heavy (non-hydrogen) atoms. The Labute approximate surface area is 145 Å². The molecular formula is C15H18O6S3. The first-order valence-electron chi connectivity index (χ1n) is 6.86. The van der Waals surface area contributed by atoms with Crippen LogP contribution in [0.15, 0.2) is 33.4 Å². The van der Waals surface area contributed by atoms with Gasteiger partial charge in [-0.1, -0.05) is 26.0 Å². The number of allylic oxidation sites excluding steroid dienone is 1. The number of hydrogen-bond acceptors (Lipinski definition) is 5. The second-order valence-electron chi connectivity index (χ2n) is 6.21. The Kier molecular flexibility index (Phi) is 4.48. The van der Waals surface area contributed by atoms with Crippen molar-refractivity contribution in [1.29, 1.82) is 0 Å². The van der Waals surface area contributed by atoms with Crippen LogP contribution in [0.5, 0.6) is 0 Å². The normalized spacial score (nSPS) is 13.4. The summed E-state index contributed by atoms with van der Waals surface area (Å²) in [5, 5.41) is 0.354. The Balaban J connectivity index is 3.06. The molecule has 132 valence electrons. The van der Waals surface area contributed by atoms with Crippen molar-refractivity contribution in [2.24, 2.45) is 0 Å². The third-order valence-electron chi connectivity index (χ3n) is 4.29. The van der Waals surface area contributed by atoms with E-state index in [0.717, 1.165) is 5.57 Å². The highest BCUT2D eigenvalue weighted by Crippen LogP contribution is 2.42. The van der Waals surface area contributed by atoms with Crippen LogP contribution in [0.3, 0.4) is 0 Å². The van der Waals surface area contributed by atoms with Gasteiger partial charge in [0.25, 0.3) is 10.1 Å². The average Bonchev–Trinajstić information content (AvgIpc) is 2.82. The molecule has 0 unspecified atom stereocenters. The van der Waals surface area contributed by atoms with Crippen LogP contribution in [-0.4, -0.2) is 25.9 Å². The third-order valence-corrected chi connectivity index (χ3v) is 7.77. The second kappa shape index (κ2) is 5.63. The zero-order valence-electron chi connectivity index (χ0n) is 13.6. The topological polar surface area (TPSA) is 109 Å². The monoisotopic (exact) mass is 390 g/mol. The van der Waals surface area contributed by atoms with Gasteiger partial charge in [0.2, 0.25) is 0 Å². The lowest BCUT2D eigenvalue weighted by Gasteiger charge is -2.28. The van der Waals surface area contributed by atoms with E-state index in [4.69, 9.17) is 0 Å². The van der Waals surface area contributed by atoms with Crippen LogP contribution in [-0.2, 0) is 25.7 Å². The molecule has 0 amide bonds. The predicted molar refractivity (Wildman–Crippen MR) is 94.0 cm³/mol. The van der Waals surface area contributed by atoms with E-state index >= 15 is 0 Å². The summed E-state index contributed by atoms with van der Waals surface area (Å²) in [6.45, 7) is 11.2. The van der Waals surface area contributed by atoms with E-state index in [1.165, 1.54) is 12.1 Å². The van der Waals surface area contributed by atoms with Gasteiger partial charge in [0, 0.05) is 5.41 Å². The zero-order valence-corrected chi connectivity index (χ0v) is 16.1. The van der Waals surface area contributed by atoms with Gasteiger partial charge in [0.15, 0.2) is 0 Å². The van der Waals surface area contributed by atoms with Gasteiger partial charge in [-0.2, -0.15) is 16.8 Å². The lowest BCUT2D eigenvalue weighted by molar-refractivity contribution is 0.482.